The molecule has 1 heterocycles. The number of likely N-dealkylation sites (tertiary alicyclic amines) is 1. The average molecular weight is 397 g/mol. The van der Waals surface area contributed by atoms with Crippen molar-refractivity contribution in [2.24, 2.45) is 5.92 Å². The molecule has 0 aromatic heterocycles. The third-order valence-electron chi connectivity index (χ3n) is 5.03. The van der Waals surface area contributed by atoms with Crippen molar-refractivity contribution in [3.05, 3.63) is 71.5 Å². The van der Waals surface area contributed by atoms with E-state index in [4.69, 9.17) is 0 Å². The first-order valence-electron chi connectivity index (χ1n) is 9.66. The van der Waals surface area contributed by atoms with Gasteiger partial charge in [-0.15, -0.1) is 0 Å². The number of rotatable bonds is 6. The normalized spacial score (nSPS) is 14.3. The van der Waals surface area contributed by atoms with Crippen molar-refractivity contribution in [3.8, 4) is 0 Å². The van der Waals surface area contributed by atoms with Crippen LogP contribution in [0.5, 0.6) is 0 Å². The molecule has 1 fully saturated rings. The molecule has 2 N–H and O–H groups in total. The fourth-order valence-corrected chi connectivity index (χ4v) is 3.29. The van der Waals surface area contributed by atoms with Crippen LogP contribution in [0, 0.1) is 11.7 Å². The molecule has 1 aliphatic heterocycles. The molecule has 0 spiro atoms. The highest BCUT2D eigenvalue weighted by molar-refractivity contribution is 5.96. The minimum Gasteiger partial charge on any atom is -0.352 e. The van der Waals surface area contributed by atoms with E-state index in [2.05, 4.69) is 10.6 Å². The molecule has 0 aliphatic carbocycles. The van der Waals surface area contributed by atoms with E-state index in [1.54, 1.807) is 4.90 Å². The van der Waals surface area contributed by atoms with Gasteiger partial charge >= 0.3 is 0 Å². The van der Waals surface area contributed by atoms with Crippen molar-refractivity contribution in [3.63, 3.8) is 0 Å². The molecule has 1 saturated heterocycles. The van der Waals surface area contributed by atoms with Crippen LogP contribution >= 0.6 is 0 Å². The highest BCUT2D eigenvalue weighted by atomic mass is 19.1. The van der Waals surface area contributed by atoms with Gasteiger partial charge in [0.1, 0.15) is 5.82 Å². The Morgan fingerprint density at radius 2 is 1.59 bits per heavy atom. The molecule has 0 unspecified atom stereocenters. The maximum absolute atomic E-state index is 12.9. The van der Waals surface area contributed by atoms with Gasteiger partial charge in [0, 0.05) is 31.1 Å². The first kappa shape index (κ1) is 20.5. The second-order valence-corrected chi connectivity index (χ2v) is 7.05. The summed E-state index contributed by atoms with van der Waals surface area (Å²) in [6, 6.07) is 14.8. The molecule has 3 rings (SSSR count). The number of carbonyl (C=O) groups excluding carboxylic acids is 3. The number of carbonyl (C=O) groups is 3. The predicted molar refractivity (Wildman–Crippen MR) is 106 cm³/mol. The smallest absolute Gasteiger partial charge is 0.251 e. The second kappa shape index (κ2) is 9.82. The first-order valence-corrected chi connectivity index (χ1v) is 9.66. The topological polar surface area (TPSA) is 78.5 Å². The van der Waals surface area contributed by atoms with E-state index in [-0.39, 0.29) is 24.3 Å². The van der Waals surface area contributed by atoms with Crippen molar-refractivity contribution >= 4 is 17.7 Å². The fraction of sp³-hybridized carbons (Fsp3) is 0.318. The maximum Gasteiger partial charge on any atom is 0.251 e. The van der Waals surface area contributed by atoms with Crippen LogP contribution in [-0.4, -0.2) is 42.3 Å². The van der Waals surface area contributed by atoms with Crippen LogP contribution in [0.15, 0.2) is 54.6 Å². The van der Waals surface area contributed by atoms with Crippen LogP contribution in [0.25, 0.3) is 0 Å². The second-order valence-electron chi connectivity index (χ2n) is 7.05. The number of nitrogens with one attached hydrogen (secondary N) is 2. The van der Waals surface area contributed by atoms with Crippen LogP contribution < -0.4 is 10.6 Å². The number of nitrogens with zero attached hydrogens (tertiary/aromatic N) is 1. The Morgan fingerprint density at radius 1 is 0.931 bits per heavy atom. The minimum atomic E-state index is -0.423. The van der Waals surface area contributed by atoms with Crippen LogP contribution in [0.2, 0.25) is 0 Å². The van der Waals surface area contributed by atoms with Gasteiger partial charge in [-0.1, -0.05) is 30.3 Å². The largest absolute Gasteiger partial charge is 0.352 e. The number of benzene rings is 2. The molecule has 0 atom stereocenters. The van der Waals surface area contributed by atoms with Crippen LogP contribution in [-0.2, 0) is 16.1 Å². The molecular formula is C22H24FN3O3. The Kier molecular flexibility index (Phi) is 6.94. The Balaban J connectivity index is 1.39. The molecule has 6 nitrogen and oxygen atoms in total. The average Bonchev–Trinajstić information content (AvgIpc) is 2.77. The van der Waals surface area contributed by atoms with E-state index < -0.39 is 11.7 Å². The van der Waals surface area contributed by atoms with E-state index in [0.29, 0.717) is 38.0 Å². The SMILES string of the molecule is O=C(NCC(=O)N1CCC(C(=O)NCc2ccccc2)CC1)c1ccc(F)cc1. The third-order valence-corrected chi connectivity index (χ3v) is 5.03. The quantitative estimate of drug-likeness (QED) is 0.784. The molecule has 7 heteroatoms. The van der Waals surface area contributed by atoms with Crippen molar-refractivity contribution in [2.75, 3.05) is 19.6 Å². The van der Waals surface area contributed by atoms with Crippen molar-refractivity contribution in [2.45, 2.75) is 19.4 Å². The van der Waals surface area contributed by atoms with Gasteiger partial charge in [0.05, 0.1) is 6.54 Å². The first-order chi connectivity index (χ1) is 14.0. The zero-order valence-corrected chi connectivity index (χ0v) is 16.1. The zero-order chi connectivity index (χ0) is 20.6. The molecule has 152 valence electrons. The third kappa shape index (κ3) is 5.88. The summed E-state index contributed by atoms with van der Waals surface area (Å²) in [4.78, 5) is 38.3. The summed E-state index contributed by atoms with van der Waals surface area (Å²) >= 11 is 0. The van der Waals surface area contributed by atoms with E-state index in [0.717, 1.165) is 5.56 Å². The maximum atomic E-state index is 12.9. The lowest BCUT2D eigenvalue weighted by molar-refractivity contribution is -0.134. The van der Waals surface area contributed by atoms with Gasteiger partial charge in [-0.25, -0.2) is 4.39 Å². The zero-order valence-electron chi connectivity index (χ0n) is 16.1. The summed E-state index contributed by atoms with van der Waals surface area (Å²) in [5.74, 6) is -1.15. The summed E-state index contributed by atoms with van der Waals surface area (Å²) in [6.45, 7) is 1.33. The van der Waals surface area contributed by atoms with E-state index in [1.807, 2.05) is 30.3 Å². The number of amides is 3. The lowest BCUT2D eigenvalue weighted by Gasteiger charge is -2.31. The van der Waals surface area contributed by atoms with Crippen molar-refractivity contribution < 1.29 is 18.8 Å². The van der Waals surface area contributed by atoms with Gasteiger partial charge in [-0.05, 0) is 42.7 Å². The Hall–Kier alpha value is -3.22. The molecule has 2 aromatic rings. The number of hydrogen-bond donors (Lipinski definition) is 2. The van der Waals surface area contributed by atoms with Crippen molar-refractivity contribution in [1.82, 2.24) is 15.5 Å². The van der Waals surface area contributed by atoms with Crippen LogP contribution in [0.3, 0.4) is 0 Å². The molecule has 1 aliphatic rings. The Morgan fingerprint density at radius 3 is 2.24 bits per heavy atom. The summed E-state index contributed by atoms with van der Waals surface area (Å²) in [5.41, 5.74) is 1.35. The summed E-state index contributed by atoms with van der Waals surface area (Å²) < 4.78 is 12.9. The van der Waals surface area contributed by atoms with Crippen molar-refractivity contribution in [1.29, 1.82) is 0 Å². The van der Waals surface area contributed by atoms with Gasteiger partial charge in [0.25, 0.3) is 5.91 Å². The van der Waals surface area contributed by atoms with Gasteiger partial charge in [-0.3, -0.25) is 14.4 Å². The summed E-state index contributed by atoms with van der Waals surface area (Å²) in [7, 11) is 0. The minimum absolute atomic E-state index is 0.00515. The summed E-state index contributed by atoms with van der Waals surface area (Å²) in [5, 5.41) is 5.50. The Labute approximate surface area is 169 Å². The number of piperidine rings is 1. The molecule has 29 heavy (non-hydrogen) atoms. The monoisotopic (exact) mass is 397 g/mol. The molecular weight excluding hydrogens is 373 g/mol. The van der Waals surface area contributed by atoms with Gasteiger partial charge in [-0.2, -0.15) is 0 Å². The standard InChI is InChI=1S/C22H24FN3O3/c23-19-8-6-17(7-9-19)21(28)25-15-20(27)26-12-10-18(11-13-26)22(29)24-14-16-4-2-1-3-5-16/h1-9,18H,10-15H2,(H,24,29)(H,25,28). The highest BCUT2D eigenvalue weighted by Gasteiger charge is 2.27. The molecule has 2 aromatic carbocycles. The number of halogens is 1. The summed E-state index contributed by atoms with van der Waals surface area (Å²) in [6.07, 6.45) is 1.19. The van der Waals surface area contributed by atoms with E-state index >= 15 is 0 Å². The van der Waals surface area contributed by atoms with Crippen LogP contribution in [0.4, 0.5) is 4.39 Å². The van der Waals surface area contributed by atoms with Crippen LogP contribution in [0.1, 0.15) is 28.8 Å². The molecule has 0 saturated carbocycles. The van der Waals surface area contributed by atoms with Gasteiger partial charge in [0.15, 0.2) is 0 Å². The van der Waals surface area contributed by atoms with Gasteiger partial charge < -0.3 is 15.5 Å². The van der Waals surface area contributed by atoms with Gasteiger partial charge in [0.2, 0.25) is 11.8 Å². The lowest BCUT2D eigenvalue weighted by atomic mass is 9.95. The van der Waals surface area contributed by atoms with E-state index in [9.17, 15) is 18.8 Å². The fourth-order valence-electron chi connectivity index (χ4n) is 3.29. The molecule has 3 amide bonds. The molecule has 0 bridgehead atoms. The lowest BCUT2D eigenvalue weighted by Crippen LogP contribution is -2.46. The predicted octanol–water partition coefficient (Wildman–Crippen LogP) is 2.11. The molecule has 0 radical (unpaired) electrons. The Bertz CT molecular complexity index is 847. The van der Waals surface area contributed by atoms with E-state index in [1.165, 1.54) is 24.3 Å². The number of hydrogen-bond acceptors (Lipinski definition) is 3. The highest BCUT2D eigenvalue weighted by Crippen LogP contribution is 2.17.